The van der Waals surface area contributed by atoms with Gasteiger partial charge in [0.1, 0.15) is 0 Å². The van der Waals surface area contributed by atoms with Crippen molar-refractivity contribution >= 4 is 0 Å². The van der Waals surface area contributed by atoms with Crippen LogP contribution in [-0.4, -0.2) is 16.1 Å². The molecule has 1 atom stereocenters. The largest absolute Gasteiger partial charge is 0.328 e. The molecule has 0 saturated carbocycles. The molecule has 11 heavy (non-hydrogen) atoms. The first-order valence-electron chi connectivity index (χ1n) is 3.48. The minimum atomic E-state index is -0.106. The molecular weight excluding hydrogens is 142 g/mol. The Morgan fingerprint density at radius 2 is 2.55 bits per heavy atom. The molecule has 0 aliphatic rings. The van der Waals surface area contributed by atoms with Crippen molar-refractivity contribution in [1.29, 1.82) is 0 Å². The maximum absolute atomic E-state index is 11.1. The SMILES string of the molecule is CC(CN)n1ccncc1=O. The fraction of sp³-hybridized carbons (Fsp3) is 0.429. The fourth-order valence-corrected chi connectivity index (χ4v) is 0.835. The van der Waals surface area contributed by atoms with Gasteiger partial charge in [0.25, 0.3) is 5.56 Å². The smallest absolute Gasteiger partial charge is 0.269 e. The number of nitrogens with zero attached hydrogens (tertiary/aromatic N) is 2. The van der Waals surface area contributed by atoms with E-state index in [9.17, 15) is 4.79 Å². The van der Waals surface area contributed by atoms with E-state index in [1.165, 1.54) is 6.20 Å². The summed E-state index contributed by atoms with van der Waals surface area (Å²) in [5, 5.41) is 0. The number of aromatic nitrogens is 2. The monoisotopic (exact) mass is 153 g/mol. The average Bonchev–Trinajstić information content (AvgIpc) is 2.04. The fourth-order valence-electron chi connectivity index (χ4n) is 0.835. The molecule has 1 aromatic rings. The Morgan fingerprint density at radius 3 is 3.09 bits per heavy atom. The van der Waals surface area contributed by atoms with Crippen LogP contribution in [0.25, 0.3) is 0 Å². The van der Waals surface area contributed by atoms with Gasteiger partial charge in [-0.15, -0.1) is 0 Å². The third-order valence-corrected chi connectivity index (χ3v) is 1.57. The van der Waals surface area contributed by atoms with Crippen LogP contribution in [0.2, 0.25) is 0 Å². The lowest BCUT2D eigenvalue weighted by atomic mass is 10.3. The lowest BCUT2D eigenvalue weighted by Crippen LogP contribution is -2.26. The summed E-state index contributed by atoms with van der Waals surface area (Å²) in [5.41, 5.74) is 5.29. The van der Waals surface area contributed by atoms with Gasteiger partial charge in [-0.2, -0.15) is 0 Å². The zero-order chi connectivity index (χ0) is 8.27. The van der Waals surface area contributed by atoms with E-state index in [2.05, 4.69) is 4.98 Å². The van der Waals surface area contributed by atoms with Crippen molar-refractivity contribution in [2.75, 3.05) is 6.54 Å². The topological polar surface area (TPSA) is 60.9 Å². The van der Waals surface area contributed by atoms with Crippen molar-refractivity contribution in [2.45, 2.75) is 13.0 Å². The van der Waals surface area contributed by atoms with Gasteiger partial charge in [0, 0.05) is 25.0 Å². The maximum atomic E-state index is 11.1. The summed E-state index contributed by atoms with van der Waals surface area (Å²) in [6.07, 6.45) is 4.50. The van der Waals surface area contributed by atoms with E-state index >= 15 is 0 Å². The third kappa shape index (κ3) is 1.65. The van der Waals surface area contributed by atoms with Gasteiger partial charge in [0.15, 0.2) is 0 Å². The Morgan fingerprint density at radius 1 is 1.82 bits per heavy atom. The molecule has 60 valence electrons. The Kier molecular flexibility index (Phi) is 2.38. The molecule has 4 heteroatoms. The molecule has 0 spiro atoms. The van der Waals surface area contributed by atoms with Crippen LogP contribution in [-0.2, 0) is 0 Å². The van der Waals surface area contributed by atoms with Gasteiger partial charge in [-0.3, -0.25) is 9.78 Å². The summed E-state index contributed by atoms with van der Waals surface area (Å²) in [4.78, 5) is 14.8. The number of rotatable bonds is 2. The second kappa shape index (κ2) is 3.30. The van der Waals surface area contributed by atoms with Crippen molar-refractivity contribution in [1.82, 2.24) is 9.55 Å². The van der Waals surface area contributed by atoms with Crippen molar-refractivity contribution < 1.29 is 0 Å². The molecule has 1 heterocycles. The highest BCUT2D eigenvalue weighted by Gasteiger charge is 2.01. The van der Waals surface area contributed by atoms with E-state index in [1.54, 1.807) is 17.0 Å². The van der Waals surface area contributed by atoms with Gasteiger partial charge in [0.05, 0.1) is 6.20 Å². The van der Waals surface area contributed by atoms with Crippen LogP contribution in [0.3, 0.4) is 0 Å². The number of nitrogens with two attached hydrogens (primary N) is 1. The molecule has 4 nitrogen and oxygen atoms in total. The summed E-state index contributed by atoms with van der Waals surface area (Å²) >= 11 is 0. The van der Waals surface area contributed by atoms with E-state index < -0.39 is 0 Å². The standard InChI is InChI=1S/C7H11N3O/c1-6(4-8)10-3-2-9-5-7(10)11/h2-3,5-6H,4,8H2,1H3. The van der Waals surface area contributed by atoms with Crippen molar-refractivity contribution in [2.24, 2.45) is 5.73 Å². The van der Waals surface area contributed by atoms with Crippen LogP contribution >= 0.6 is 0 Å². The number of hydrogen-bond acceptors (Lipinski definition) is 3. The quantitative estimate of drug-likeness (QED) is 0.638. The minimum absolute atomic E-state index is 0.0468. The van der Waals surface area contributed by atoms with Gasteiger partial charge in [0.2, 0.25) is 0 Å². The van der Waals surface area contributed by atoms with E-state index in [1.807, 2.05) is 6.92 Å². The van der Waals surface area contributed by atoms with Crippen molar-refractivity contribution in [3.05, 3.63) is 28.9 Å². The molecule has 1 rings (SSSR count). The van der Waals surface area contributed by atoms with E-state index in [-0.39, 0.29) is 11.6 Å². The summed E-state index contributed by atoms with van der Waals surface area (Å²) in [5.74, 6) is 0. The molecule has 1 aromatic heterocycles. The first-order chi connectivity index (χ1) is 5.25. The first kappa shape index (κ1) is 7.94. The van der Waals surface area contributed by atoms with Crippen LogP contribution in [0.15, 0.2) is 23.4 Å². The molecule has 0 radical (unpaired) electrons. The summed E-state index contributed by atoms with van der Waals surface area (Å²) in [6, 6.07) is 0.0468. The Labute approximate surface area is 64.7 Å². The predicted octanol–water partition coefficient (Wildman–Crippen LogP) is -0.237. The van der Waals surface area contributed by atoms with Gasteiger partial charge < -0.3 is 10.3 Å². The van der Waals surface area contributed by atoms with Gasteiger partial charge in [-0.1, -0.05) is 0 Å². The van der Waals surface area contributed by atoms with E-state index in [0.717, 1.165) is 0 Å². The van der Waals surface area contributed by atoms with Crippen LogP contribution in [0.5, 0.6) is 0 Å². The molecule has 0 fully saturated rings. The number of hydrogen-bond donors (Lipinski definition) is 1. The summed E-state index contributed by atoms with van der Waals surface area (Å²) in [7, 11) is 0. The second-order valence-electron chi connectivity index (χ2n) is 2.41. The molecule has 0 bridgehead atoms. The summed E-state index contributed by atoms with van der Waals surface area (Å²) in [6.45, 7) is 2.35. The lowest BCUT2D eigenvalue weighted by Gasteiger charge is -2.10. The lowest BCUT2D eigenvalue weighted by molar-refractivity contribution is 0.536. The average molecular weight is 153 g/mol. The summed E-state index contributed by atoms with van der Waals surface area (Å²) < 4.78 is 1.56. The zero-order valence-electron chi connectivity index (χ0n) is 6.40. The highest BCUT2D eigenvalue weighted by molar-refractivity contribution is 4.83. The van der Waals surface area contributed by atoms with Crippen LogP contribution < -0.4 is 11.3 Å². The molecule has 0 aliphatic heterocycles. The van der Waals surface area contributed by atoms with Crippen LogP contribution in [0.1, 0.15) is 13.0 Å². The molecular formula is C7H11N3O. The van der Waals surface area contributed by atoms with E-state index in [0.29, 0.717) is 6.54 Å². The van der Waals surface area contributed by atoms with Crippen molar-refractivity contribution in [3.63, 3.8) is 0 Å². The van der Waals surface area contributed by atoms with Gasteiger partial charge in [-0.25, -0.2) is 0 Å². The normalized spacial score (nSPS) is 12.9. The van der Waals surface area contributed by atoms with Gasteiger partial charge in [-0.05, 0) is 6.92 Å². The molecule has 0 aromatic carbocycles. The highest BCUT2D eigenvalue weighted by atomic mass is 16.1. The zero-order valence-corrected chi connectivity index (χ0v) is 6.40. The molecule has 0 amide bonds. The Hall–Kier alpha value is -1.16. The first-order valence-corrected chi connectivity index (χ1v) is 3.48. The molecule has 0 aliphatic carbocycles. The minimum Gasteiger partial charge on any atom is -0.328 e. The molecule has 0 saturated heterocycles. The van der Waals surface area contributed by atoms with Gasteiger partial charge >= 0.3 is 0 Å². The second-order valence-corrected chi connectivity index (χ2v) is 2.41. The molecule has 1 unspecified atom stereocenters. The van der Waals surface area contributed by atoms with E-state index in [4.69, 9.17) is 5.73 Å². The van der Waals surface area contributed by atoms with Crippen LogP contribution in [0.4, 0.5) is 0 Å². The Balaban J connectivity index is 3.03. The third-order valence-electron chi connectivity index (χ3n) is 1.57. The maximum Gasteiger partial charge on any atom is 0.269 e. The highest BCUT2D eigenvalue weighted by Crippen LogP contribution is 1.95. The predicted molar refractivity (Wildman–Crippen MR) is 42.3 cm³/mol. The Bertz CT molecular complexity index is 281. The van der Waals surface area contributed by atoms with Crippen LogP contribution in [0, 0.1) is 0 Å². The molecule has 2 N–H and O–H groups in total. The van der Waals surface area contributed by atoms with Crippen molar-refractivity contribution in [3.8, 4) is 0 Å².